The van der Waals surface area contributed by atoms with Crippen LogP contribution in [0.15, 0.2) is 11.6 Å². The molecule has 1 aliphatic rings. The molecule has 1 atom stereocenters. The van der Waals surface area contributed by atoms with Gasteiger partial charge in [0.1, 0.15) is 0 Å². The zero-order valence-electron chi connectivity index (χ0n) is 10.4. The standard InChI is InChI=1S/C12H22N2O2/c1-9(2)11(13)12(15)14-6-4-10(5-7-14)8-16-3/h4,9,11H,5-8,13H2,1-3H3/t11-/m1/s1. The first kappa shape index (κ1) is 13.2. The fourth-order valence-corrected chi connectivity index (χ4v) is 1.72. The summed E-state index contributed by atoms with van der Waals surface area (Å²) in [5.41, 5.74) is 7.12. The number of hydrogen-bond acceptors (Lipinski definition) is 3. The van der Waals surface area contributed by atoms with Crippen molar-refractivity contribution in [2.75, 3.05) is 26.8 Å². The van der Waals surface area contributed by atoms with Gasteiger partial charge in [-0.15, -0.1) is 0 Å². The predicted octanol–water partition coefficient (Wildman–Crippen LogP) is 0.775. The fraction of sp³-hybridized carbons (Fsp3) is 0.750. The van der Waals surface area contributed by atoms with Gasteiger partial charge in [-0.2, -0.15) is 0 Å². The van der Waals surface area contributed by atoms with Crippen molar-refractivity contribution < 1.29 is 9.53 Å². The molecule has 92 valence electrons. The van der Waals surface area contributed by atoms with E-state index in [0.717, 1.165) is 13.0 Å². The summed E-state index contributed by atoms with van der Waals surface area (Å²) in [6.07, 6.45) is 2.96. The Hall–Kier alpha value is -0.870. The van der Waals surface area contributed by atoms with Gasteiger partial charge in [0, 0.05) is 20.2 Å². The lowest BCUT2D eigenvalue weighted by atomic mass is 10.0. The molecule has 1 aliphatic heterocycles. The predicted molar refractivity (Wildman–Crippen MR) is 64.0 cm³/mol. The molecule has 0 spiro atoms. The number of carbonyl (C=O) groups is 1. The van der Waals surface area contributed by atoms with Crippen molar-refractivity contribution in [1.29, 1.82) is 0 Å². The van der Waals surface area contributed by atoms with E-state index in [1.54, 1.807) is 7.11 Å². The van der Waals surface area contributed by atoms with Crippen LogP contribution in [0, 0.1) is 5.92 Å². The van der Waals surface area contributed by atoms with E-state index in [0.29, 0.717) is 13.2 Å². The first-order chi connectivity index (χ1) is 7.56. The number of rotatable bonds is 4. The summed E-state index contributed by atoms with van der Waals surface area (Å²) in [6.45, 7) is 6.03. The van der Waals surface area contributed by atoms with E-state index in [9.17, 15) is 4.79 Å². The van der Waals surface area contributed by atoms with E-state index in [1.807, 2.05) is 18.7 Å². The molecule has 0 saturated heterocycles. The Morgan fingerprint density at radius 3 is 2.75 bits per heavy atom. The first-order valence-electron chi connectivity index (χ1n) is 5.77. The molecule has 0 unspecified atom stereocenters. The third-order valence-electron chi connectivity index (χ3n) is 2.95. The highest BCUT2D eigenvalue weighted by molar-refractivity contribution is 5.82. The number of nitrogens with two attached hydrogens (primary N) is 1. The molecule has 0 fully saturated rings. The lowest BCUT2D eigenvalue weighted by molar-refractivity contribution is -0.133. The number of carbonyl (C=O) groups excluding carboxylic acids is 1. The third-order valence-corrected chi connectivity index (χ3v) is 2.95. The maximum Gasteiger partial charge on any atom is 0.240 e. The van der Waals surface area contributed by atoms with Crippen molar-refractivity contribution in [3.8, 4) is 0 Å². The molecule has 0 aromatic rings. The highest BCUT2D eigenvalue weighted by Gasteiger charge is 2.24. The SMILES string of the molecule is COCC1=CCN(C(=O)[C@H](N)C(C)C)CC1. The highest BCUT2D eigenvalue weighted by atomic mass is 16.5. The zero-order chi connectivity index (χ0) is 12.1. The van der Waals surface area contributed by atoms with Gasteiger partial charge in [0.05, 0.1) is 12.6 Å². The Kier molecular flexibility index (Phi) is 4.96. The Morgan fingerprint density at radius 1 is 1.62 bits per heavy atom. The average Bonchev–Trinajstić information content (AvgIpc) is 2.28. The van der Waals surface area contributed by atoms with Gasteiger partial charge in [-0.3, -0.25) is 4.79 Å². The van der Waals surface area contributed by atoms with Crippen LogP contribution in [0.3, 0.4) is 0 Å². The molecule has 0 aliphatic carbocycles. The first-order valence-corrected chi connectivity index (χ1v) is 5.77. The van der Waals surface area contributed by atoms with Gasteiger partial charge < -0.3 is 15.4 Å². The number of ether oxygens (including phenoxy) is 1. The van der Waals surface area contributed by atoms with E-state index in [1.165, 1.54) is 5.57 Å². The minimum Gasteiger partial charge on any atom is -0.380 e. The Bertz CT molecular complexity index is 274. The molecule has 1 amide bonds. The van der Waals surface area contributed by atoms with Crippen LogP contribution in [-0.2, 0) is 9.53 Å². The molecule has 0 aromatic heterocycles. The minimum absolute atomic E-state index is 0.0581. The lowest BCUT2D eigenvalue weighted by Crippen LogP contribution is -2.48. The summed E-state index contributed by atoms with van der Waals surface area (Å²) < 4.78 is 5.07. The van der Waals surface area contributed by atoms with Crippen LogP contribution in [-0.4, -0.2) is 43.7 Å². The van der Waals surface area contributed by atoms with Gasteiger partial charge in [-0.05, 0) is 17.9 Å². The van der Waals surface area contributed by atoms with Gasteiger partial charge in [-0.1, -0.05) is 19.9 Å². The second kappa shape index (κ2) is 6.01. The van der Waals surface area contributed by atoms with Crippen molar-refractivity contribution in [2.24, 2.45) is 11.7 Å². The largest absolute Gasteiger partial charge is 0.380 e. The van der Waals surface area contributed by atoms with Gasteiger partial charge in [0.2, 0.25) is 5.91 Å². The van der Waals surface area contributed by atoms with Gasteiger partial charge >= 0.3 is 0 Å². The highest BCUT2D eigenvalue weighted by Crippen LogP contribution is 2.13. The van der Waals surface area contributed by atoms with E-state index in [2.05, 4.69) is 6.08 Å². The maximum atomic E-state index is 11.9. The Morgan fingerprint density at radius 2 is 2.31 bits per heavy atom. The smallest absolute Gasteiger partial charge is 0.240 e. The van der Waals surface area contributed by atoms with E-state index in [4.69, 9.17) is 10.5 Å². The molecule has 2 N–H and O–H groups in total. The quantitative estimate of drug-likeness (QED) is 0.721. The van der Waals surface area contributed by atoms with Crippen LogP contribution in [0.5, 0.6) is 0 Å². The molecule has 4 nitrogen and oxygen atoms in total. The molecule has 1 rings (SSSR count). The third kappa shape index (κ3) is 3.32. The molecule has 0 bridgehead atoms. The molecule has 0 radical (unpaired) electrons. The number of amides is 1. The van der Waals surface area contributed by atoms with Crippen molar-refractivity contribution >= 4 is 5.91 Å². The zero-order valence-corrected chi connectivity index (χ0v) is 10.4. The van der Waals surface area contributed by atoms with Crippen molar-refractivity contribution in [2.45, 2.75) is 26.3 Å². The van der Waals surface area contributed by atoms with E-state index in [-0.39, 0.29) is 17.9 Å². The van der Waals surface area contributed by atoms with Crippen LogP contribution in [0.4, 0.5) is 0 Å². The monoisotopic (exact) mass is 226 g/mol. The average molecular weight is 226 g/mol. The van der Waals surface area contributed by atoms with Crippen molar-refractivity contribution in [3.05, 3.63) is 11.6 Å². The van der Waals surface area contributed by atoms with E-state index >= 15 is 0 Å². The summed E-state index contributed by atoms with van der Waals surface area (Å²) >= 11 is 0. The van der Waals surface area contributed by atoms with Crippen LogP contribution in [0.1, 0.15) is 20.3 Å². The number of nitrogens with zero attached hydrogens (tertiary/aromatic N) is 1. The lowest BCUT2D eigenvalue weighted by Gasteiger charge is -2.29. The number of hydrogen-bond donors (Lipinski definition) is 1. The summed E-state index contributed by atoms with van der Waals surface area (Å²) in [6, 6.07) is -0.377. The molecule has 0 saturated carbocycles. The Labute approximate surface area is 97.4 Å². The molecule has 0 aromatic carbocycles. The van der Waals surface area contributed by atoms with Crippen LogP contribution < -0.4 is 5.73 Å². The molecule has 4 heteroatoms. The summed E-state index contributed by atoms with van der Waals surface area (Å²) in [5.74, 6) is 0.250. The van der Waals surface area contributed by atoms with Gasteiger partial charge in [-0.25, -0.2) is 0 Å². The van der Waals surface area contributed by atoms with Gasteiger partial charge in [0.25, 0.3) is 0 Å². The molecule has 1 heterocycles. The maximum absolute atomic E-state index is 11.9. The molecular weight excluding hydrogens is 204 g/mol. The van der Waals surface area contributed by atoms with Crippen LogP contribution >= 0.6 is 0 Å². The van der Waals surface area contributed by atoms with Crippen LogP contribution in [0.2, 0.25) is 0 Å². The number of methoxy groups -OCH3 is 1. The summed E-state index contributed by atoms with van der Waals surface area (Å²) in [4.78, 5) is 13.8. The summed E-state index contributed by atoms with van der Waals surface area (Å²) in [5, 5.41) is 0. The minimum atomic E-state index is -0.377. The van der Waals surface area contributed by atoms with Crippen molar-refractivity contribution in [3.63, 3.8) is 0 Å². The molecule has 16 heavy (non-hydrogen) atoms. The summed E-state index contributed by atoms with van der Waals surface area (Å²) in [7, 11) is 1.69. The second-order valence-corrected chi connectivity index (χ2v) is 4.60. The van der Waals surface area contributed by atoms with Crippen LogP contribution in [0.25, 0.3) is 0 Å². The normalized spacial score (nSPS) is 18.6. The topological polar surface area (TPSA) is 55.6 Å². The fourth-order valence-electron chi connectivity index (χ4n) is 1.72. The van der Waals surface area contributed by atoms with Crippen molar-refractivity contribution in [1.82, 2.24) is 4.90 Å². The van der Waals surface area contributed by atoms with E-state index < -0.39 is 0 Å². The molecular formula is C12H22N2O2. The Balaban J connectivity index is 2.50. The second-order valence-electron chi connectivity index (χ2n) is 4.60. The van der Waals surface area contributed by atoms with Gasteiger partial charge in [0.15, 0.2) is 0 Å².